The zero-order valence-electron chi connectivity index (χ0n) is 6.13. The molecule has 0 amide bonds. The first-order chi connectivity index (χ1) is 5.31. The van der Waals surface area contributed by atoms with E-state index in [0.717, 1.165) is 6.08 Å². The van der Waals surface area contributed by atoms with Gasteiger partial charge in [0.05, 0.1) is 0 Å². The SMILES string of the molecule is CCC=COS(=O)(=O)C(F)(F)F. The summed E-state index contributed by atoms with van der Waals surface area (Å²) in [5.74, 6) is 0. The lowest BCUT2D eigenvalue weighted by Gasteiger charge is -2.04. The van der Waals surface area contributed by atoms with Crippen LogP contribution in [0.4, 0.5) is 13.2 Å². The lowest BCUT2D eigenvalue weighted by Crippen LogP contribution is -2.23. The van der Waals surface area contributed by atoms with Gasteiger partial charge in [-0.3, -0.25) is 0 Å². The van der Waals surface area contributed by atoms with Crippen molar-refractivity contribution in [3.63, 3.8) is 0 Å². The quantitative estimate of drug-likeness (QED) is 0.400. The van der Waals surface area contributed by atoms with E-state index in [9.17, 15) is 21.6 Å². The summed E-state index contributed by atoms with van der Waals surface area (Å²) < 4.78 is 58.3. The molecule has 0 atom stereocenters. The average molecular weight is 204 g/mol. The minimum atomic E-state index is -5.46. The molecular weight excluding hydrogens is 197 g/mol. The molecule has 0 saturated heterocycles. The van der Waals surface area contributed by atoms with Gasteiger partial charge in [-0.2, -0.15) is 21.6 Å². The van der Waals surface area contributed by atoms with Crippen molar-refractivity contribution in [2.75, 3.05) is 0 Å². The lowest BCUT2D eigenvalue weighted by atomic mass is 10.5. The number of rotatable bonds is 3. The van der Waals surface area contributed by atoms with Gasteiger partial charge in [-0.15, -0.1) is 0 Å². The van der Waals surface area contributed by atoms with Crippen LogP contribution in [-0.2, 0) is 14.3 Å². The summed E-state index contributed by atoms with van der Waals surface area (Å²) in [7, 11) is -5.46. The maximum atomic E-state index is 11.5. The van der Waals surface area contributed by atoms with Gasteiger partial charge in [0.15, 0.2) is 0 Å². The Balaban J connectivity index is 4.37. The summed E-state index contributed by atoms with van der Waals surface area (Å²) in [4.78, 5) is 0. The first-order valence-electron chi connectivity index (χ1n) is 2.96. The highest BCUT2D eigenvalue weighted by Gasteiger charge is 2.47. The molecule has 0 aromatic carbocycles. The largest absolute Gasteiger partial charge is 0.534 e. The Labute approximate surface area is 68.0 Å². The van der Waals surface area contributed by atoms with Gasteiger partial charge in [-0.25, -0.2) is 0 Å². The molecule has 0 rings (SSSR count). The molecule has 0 unspecified atom stereocenters. The standard InChI is InChI=1S/C5H7F3O3S/c1-2-3-4-11-12(9,10)5(6,7)8/h3-4H,2H2,1H3. The zero-order chi connectivity index (χ0) is 9.83. The highest BCUT2D eigenvalue weighted by Crippen LogP contribution is 2.24. The fraction of sp³-hybridized carbons (Fsp3) is 0.600. The maximum absolute atomic E-state index is 11.5. The van der Waals surface area contributed by atoms with Crippen molar-refractivity contribution >= 4 is 10.1 Å². The Morgan fingerprint density at radius 1 is 1.42 bits per heavy atom. The monoisotopic (exact) mass is 204 g/mol. The molecule has 0 aliphatic rings. The van der Waals surface area contributed by atoms with Crippen LogP contribution in [0.1, 0.15) is 13.3 Å². The van der Waals surface area contributed by atoms with Gasteiger partial charge >= 0.3 is 15.6 Å². The Morgan fingerprint density at radius 3 is 2.25 bits per heavy atom. The number of alkyl halides is 3. The molecule has 3 nitrogen and oxygen atoms in total. The number of allylic oxidation sites excluding steroid dienone is 1. The van der Waals surface area contributed by atoms with Crippen LogP contribution >= 0.6 is 0 Å². The first-order valence-corrected chi connectivity index (χ1v) is 4.36. The van der Waals surface area contributed by atoms with E-state index < -0.39 is 15.6 Å². The van der Waals surface area contributed by atoms with Crippen LogP contribution in [0.5, 0.6) is 0 Å². The van der Waals surface area contributed by atoms with Crippen molar-refractivity contribution in [2.24, 2.45) is 0 Å². The van der Waals surface area contributed by atoms with E-state index in [2.05, 4.69) is 4.18 Å². The maximum Gasteiger partial charge on any atom is 0.534 e. The van der Waals surface area contributed by atoms with Gasteiger partial charge in [-0.05, 0) is 12.5 Å². The molecule has 0 bridgehead atoms. The van der Waals surface area contributed by atoms with Crippen LogP contribution in [0.25, 0.3) is 0 Å². The van der Waals surface area contributed by atoms with Crippen LogP contribution < -0.4 is 0 Å². The summed E-state index contributed by atoms with van der Waals surface area (Å²) in [5, 5.41) is 0. The molecule has 7 heteroatoms. The van der Waals surface area contributed by atoms with Crippen LogP contribution in [0, 0.1) is 0 Å². The fourth-order valence-corrected chi connectivity index (χ4v) is 0.597. The van der Waals surface area contributed by atoms with Gasteiger partial charge in [0.2, 0.25) is 0 Å². The fourth-order valence-electron chi connectivity index (χ4n) is 0.263. The second-order valence-electron chi connectivity index (χ2n) is 1.78. The van der Waals surface area contributed by atoms with Crippen molar-refractivity contribution in [2.45, 2.75) is 18.9 Å². The van der Waals surface area contributed by atoms with Gasteiger partial charge in [0, 0.05) is 0 Å². The van der Waals surface area contributed by atoms with E-state index in [1.807, 2.05) is 0 Å². The Hall–Kier alpha value is -0.720. The molecular formula is C5H7F3O3S. The minimum absolute atomic E-state index is 0.396. The molecule has 72 valence electrons. The second-order valence-corrected chi connectivity index (χ2v) is 3.34. The first kappa shape index (κ1) is 11.3. The predicted octanol–water partition coefficient (Wildman–Crippen LogP) is 1.78. The molecule has 0 fully saturated rings. The summed E-state index contributed by atoms with van der Waals surface area (Å²) in [6, 6.07) is 0. The number of halogens is 3. The second kappa shape index (κ2) is 3.79. The van der Waals surface area contributed by atoms with Crippen molar-refractivity contribution in [3.8, 4) is 0 Å². The smallest absolute Gasteiger partial charge is 0.384 e. The topological polar surface area (TPSA) is 43.4 Å². The normalized spacial score (nSPS) is 13.7. The third kappa shape index (κ3) is 3.12. The van der Waals surface area contributed by atoms with Gasteiger partial charge in [0.25, 0.3) is 0 Å². The summed E-state index contributed by atoms with van der Waals surface area (Å²) >= 11 is 0. The van der Waals surface area contributed by atoms with E-state index in [1.165, 1.54) is 0 Å². The third-order valence-electron chi connectivity index (χ3n) is 0.798. The molecule has 0 heterocycles. The van der Waals surface area contributed by atoms with Crippen LogP contribution in [0.2, 0.25) is 0 Å². The third-order valence-corrected chi connectivity index (χ3v) is 1.73. The number of hydrogen-bond acceptors (Lipinski definition) is 3. The van der Waals surface area contributed by atoms with E-state index in [-0.39, 0.29) is 0 Å². The molecule has 0 aliphatic carbocycles. The van der Waals surface area contributed by atoms with Crippen molar-refractivity contribution in [1.82, 2.24) is 0 Å². The van der Waals surface area contributed by atoms with E-state index in [0.29, 0.717) is 12.7 Å². The molecule has 12 heavy (non-hydrogen) atoms. The zero-order valence-corrected chi connectivity index (χ0v) is 6.95. The van der Waals surface area contributed by atoms with Gasteiger partial charge in [-0.1, -0.05) is 6.92 Å². The lowest BCUT2D eigenvalue weighted by molar-refractivity contribution is -0.0515. The van der Waals surface area contributed by atoms with Gasteiger partial charge < -0.3 is 4.18 Å². The predicted molar refractivity (Wildman–Crippen MR) is 35.5 cm³/mol. The highest BCUT2D eigenvalue weighted by atomic mass is 32.2. The molecule has 0 aromatic rings. The molecule has 0 saturated carbocycles. The molecule has 0 radical (unpaired) electrons. The van der Waals surface area contributed by atoms with Crippen LogP contribution in [-0.4, -0.2) is 13.9 Å². The van der Waals surface area contributed by atoms with Crippen LogP contribution in [0.15, 0.2) is 12.3 Å². The van der Waals surface area contributed by atoms with Crippen LogP contribution in [0.3, 0.4) is 0 Å². The van der Waals surface area contributed by atoms with E-state index in [1.54, 1.807) is 6.92 Å². The minimum Gasteiger partial charge on any atom is -0.384 e. The summed E-state index contributed by atoms with van der Waals surface area (Å²) in [6.07, 6.45) is 2.06. The summed E-state index contributed by atoms with van der Waals surface area (Å²) in [6.45, 7) is 1.63. The molecule has 0 aliphatic heterocycles. The molecule has 0 aromatic heterocycles. The Morgan fingerprint density at radius 2 is 1.92 bits per heavy atom. The highest BCUT2D eigenvalue weighted by molar-refractivity contribution is 7.87. The van der Waals surface area contributed by atoms with E-state index >= 15 is 0 Å². The van der Waals surface area contributed by atoms with Gasteiger partial charge in [0.1, 0.15) is 6.26 Å². The molecule has 0 N–H and O–H groups in total. The van der Waals surface area contributed by atoms with Crippen molar-refractivity contribution < 1.29 is 25.8 Å². The number of hydrogen-bond donors (Lipinski definition) is 0. The molecule has 0 spiro atoms. The summed E-state index contributed by atoms with van der Waals surface area (Å²) in [5.41, 5.74) is -5.36. The van der Waals surface area contributed by atoms with Crippen molar-refractivity contribution in [1.29, 1.82) is 0 Å². The Bertz CT molecular complexity index is 252. The average Bonchev–Trinajstić information content (AvgIpc) is 1.85. The Kier molecular flexibility index (Phi) is 3.56. The van der Waals surface area contributed by atoms with E-state index in [4.69, 9.17) is 0 Å². The van der Waals surface area contributed by atoms with Crippen molar-refractivity contribution in [3.05, 3.63) is 12.3 Å².